The summed E-state index contributed by atoms with van der Waals surface area (Å²) in [5.41, 5.74) is 3.27. The first-order valence-electron chi connectivity index (χ1n) is 8.88. The highest BCUT2D eigenvalue weighted by atomic mass is 32.2. The maximum absolute atomic E-state index is 11.8. The van der Waals surface area contributed by atoms with Crippen molar-refractivity contribution >= 4 is 35.2 Å². The Hall–Kier alpha value is -2.49. The van der Waals surface area contributed by atoms with Gasteiger partial charge in [0.2, 0.25) is 5.70 Å². The molecule has 0 aliphatic heterocycles. The number of pyridine rings is 1. The Morgan fingerprint density at radius 1 is 1.14 bits per heavy atom. The van der Waals surface area contributed by atoms with Crippen LogP contribution in [0.15, 0.2) is 71.2 Å². The molecule has 0 fully saturated rings. The smallest absolute Gasteiger partial charge is 0.330 e. The molecule has 1 heterocycles. The van der Waals surface area contributed by atoms with Gasteiger partial charge < -0.3 is 4.74 Å². The monoisotopic (exact) mass is 411 g/mol. The van der Waals surface area contributed by atoms with Gasteiger partial charge in [-0.2, -0.15) is 9.83 Å². The van der Waals surface area contributed by atoms with Crippen LogP contribution in [-0.4, -0.2) is 18.3 Å². The molecule has 0 aliphatic carbocycles. The van der Waals surface area contributed by atoms with E-state index < -0.39 is 0 Å². The summed E-state index contributed by atoms with van der Waals surface area (Å²) in [4.78, 5) is 11.8. The number of esters is 1. The number of thioether (sulfide) groups is 2. The number of benzene rings is 1. The average molecular weight is 412 g/mol. The van der Waals surface area contributed by atoms with Gasteiger partial charge in [0.25, 0.3) is 0 Å². The lowest BCUT2D eigenvalue weighted by Gasteiger charge is -2.08. The molecule has 2 aromatic rings. The Balaban J connectivity index is 2.36. The van der Waals surface area contributed by atoms with Gasteiger partial charge in [0.1, 0.15) is 4.24 Å². The van der Waals surface area contributed by atoms with Crippen LogP contribution in [0, 0.1) is 18.3 Å². The fraction of sp³-hybridized carbons (Fsp3) is 0.227. The minimum absolute atomic E-state index is 0.332. The first-order valence-corrected chi connectivity index (χ1v) is 10.8. The predicted octanol–water partition coefficient (Wildman–Crippen LogP) is 4.72. The summed E-state index contributed by atoms with van der Waals surface area (Å²) in [6.07, 6.45) is 7.02. The third kappa shape index (κ3) is 7.26. The van der Waals surface area contributed by atoms with Gasteiger partial charge in [0.15, 0.2) is 12.4 Å². The highest BCUT2D eigenvalue weighted by Crippen LogP contribution is 2.34. The number of carbonyl (C=O) groups excluding carboxylic acids is 1. The molecule has 0 bridgehead atoms. The van der Waals surface area contributed by atoms with Gasteiger partial charge >= 0.3 is 5.97 Å². The van der Waals surface area contributed by atoms with Crippen LogP contribution >= 0.6 is 23.5 Å². The van der Waals surface area contributed by atoms with Crippen molar-refractivity contribution in [2.75, 3.05) is 12.4 Å². The number of nitriles is 1. The number of aryl methyl sites for hydroxylation is 1. The Bertz CT molecular complexity index is 870. The molecule has 0 unspecified atom stereocenters. The molecule has 2 rings (SSSR count). The second-order valence-electron chi connectivity index (χ2n) is 5.76. The van der Waals surface area contributed by atoms with E-state index in [1.165, 1.54) is 29.0 Å². The molecule has 6 heteroatoms. The van der Waals surface area contributed by atoms with Crippen LogP contribution < -0.4 is 4.57 Å². The van der Waals surface area contributed by atoms with Crippen molar-refractivity contribution in [3.63, 3.8) is 0 Å². The van der Waals surface area contributed by atoms with E-state index in [0.717, 1.165) is 15.7 Å². The van der Waals surface area contributed by atoms with E-state index in [1.807, 2.05) is 35.2 Å². The summed E-state index contributed by atoms with van der Waals surface area (Å²) in [7, 11) is 0. The topological polar surface area (TPSA) is 54.0 Å². The summed E-state index contributed by atoms with van der Waals surface area (Å²) in [5.74, 6) is 0.725. The van der Waals surface area contributed by atoms with E-state index in [2.05, 4.69) is 37.3 Å². The molecule has 0 amide bonds. The Morgan fingerprint density at radius 3 is 2.50 bits per heavy atom. The van der Waals surface area contributed by atoms with E-state index in [9.17, 15) is 4.79 Å². The molecule has 1 aromatic carbocycles. The lowest BCUT2D eigenvalue weighted by atomic mass is 10.2. The first-order chi connectivity index (χ1) is 13.6. The van der Waals surface area contributed by atoms with Gasteiger partial charge in [-0.3, -0.25) is 0 Å². The van der Waals surface area contributed by atoms with Crippen LogP contribution in [0.4, 0.5) is 0 Å². The molecule has 0 atom stereocenters. The summed E-state index contributed by atoms with van der Waals surface area (Å²) in [6.45, 7) is 4.17. The standard InChI is InChI=1S/C22H23N2O2S2/c1-3-26-21(25)12-11-20(24-14-5-4-6-15-24)22(27-16-13-23)28-17-19-9-7-18(2)8-10-19/h4-12,14-15H,3,16-17H2,1-2H3/q+1/b12-11+,22-20-. The number of hydrogen-bond acceptors (Lipinski definition) is 5. The van der Waals surface area contributed by atoms with Gasteiger partial charge in [-0.15, -0.1) is 11.8 Å². The lowest BCUT2D eigenvalue weighted by Crippen LogP contribution is -2.30. The second-order valence-corrected chi connectivity index (χ2v) is 7.99. The van der Waals surface area contributed by atoms with E-state index in [1.54, 1.807) is 24.8 Å². The van der Waals surface area contributed by atoms with Crippen molar-refractivity contribution in [2.45, 2.75) is 19.6 Å². The highest BCUT2D eigenvalue weighted by Gasteiger charge is 2.16. The largest absolute Gasteiger partial charge is 0.463 e. The van der Waals surface area contributed by atoms with Crippen LogP contribution in [0.5, 0.6) is 0 Å². The van der Waals surface area contributed by atoms with Crippen molar-refractivity contribution in [3.8, 4) is 6.07 Å². The molecule has 28 heavy (non-hydrogen) atoms. The minimum Gasteiger partial charge on any atom is -0.463 e. The Morgan fingerprint density at radius 2 is 1.86 bits per heavy atom. The molecule has 0 saturated heterocycles. The zero-order valence-electron chi connectivity index (χ0n) is 16.0. The summed E-state index contributed by atoms with van der Waals surface area (Å²) in [5, 5.41) is 9.07. The lowest BCUT2D eigenvalue weighted by molar-refractivity contribution is -0.578. The van der Waals surface area contributed by atoms with Crippen LogP contribution in [0.1, 0.15) is 18.1 Å². The summed E-state index contributed by atoms with van der Waals surface area (Å²) in [6, 6.07) is 16.4. The number of carbonyl (C=O) groups is 1. The molecule has 1 aromatic heterocycles. The predicted molar refractivity (Wildman–Crippen MR) is 116 cm³/mol. The fourth-order valence-electron chi connectivity index (χ4n) is 2.28. The normalized spacial score (nSPS) is 11.8. The molecule has 0 saturated carbocycles. The van der Waals surface area contributed by atoms with E-state index in [-0.39, 0.29) is 5.97 Å². The third-order valence-corrected chi connectivity index (χ3v) is 6.03. The molecule has 144 valence electrons. The van der Waals surface area contributed by atoms with Crippen molar-refractivity contribution in [3.05, 3.63) is 82.4 Å². The van der Waals surface area contributed by atoms with Gasteiger partial charge in [-0.1, -0.05) is 47.7 Å². The second kappa shape index (κ2) is 12.1. The molecule has 0 spiro atoms. The van der Waals surface area contributed by atoms with Gasteiger partial charge in [0, 0.05) is 30.0 Å². The number of aromatic nitrogens is 1. The number of ether oxygens (including phenoxy) is 1. The van der Waals surface area contributed by atoms with Crippen LogP contribution in [0.25, 0.3) is 5.70 Å². The van der Waals surface area contributed by atoms with Gasteiger partial charge in [-0.05, 0) is 19.4 Å². The van der Waals surface area contributed by atoms with E-state index in [0.29, 0.717) is 12.4 Å². The summed E-state index contributed by atoms with van der Waals surface area (Å²) < 4.78 is 7.92. The molecule has 0 aliphatic rings. The van der Waals surface area contributed by atoms with Crippen LogP contribution in [0.3, 0.4) is 0 Å². The highest BCUT2D eigenvalue weighted by molar-refractivity contribution is 8.22. The zero-order chi connectivity index (χ0) is 20.2. The van der Waals surface area contributed by atoms with Crippen molar-refractivity contribution in [1.29, 1.82) is 5.26 Å². The number of rotatable bonds is 9. The maximum Gasteiger partial charge on any atom is 0.330 e. The number of hydrogen-bond donors (Lipinski definition) is 0. The molecular weight excluding hydrogens is 388 g/mol. The molecular formula is C22H23N2O2S2+. The molecule has 0 radical (unpaired) electrons. The van der Waals surface area contributed by atoms with E-state index in [4.69, 9.17) is 10.00 Å². The maximum atomic E-state index is 11.8. The van der Waals surface area contributed by atoms with Crippen LogP contribution in [0.2, 0.25) is 0 Å². The first kappa shape index (κ1) is 21.8. The Labute approximate surface area is 174 Å². The third-order valence-electron chi connectivity index (χ3n) is 3.63. The van der Waals surface area contributed by atoms with Crippen molar-refractivity contribution in [2.24, 2.45) is 0 Å². The minimum atomic E-state index is -0.385. The zero-order valence-corrected chi connectivity index (χ0v) is 17.6. The summed E-state index contributed by atoms with van der Waals surface area (Å²) >= 11 is 3.12. The number of nitrogens with zero attached hydrogens (tertiary/aromatic N) is 2. The molecule has 4 nitrogen and oxygen atoms in total. The van der Waals surface area contributed by atoms with Gasteiger partial charge in [-0.25, -0.2) is 4.79 Å². The Kier molecular flexibility index (Phi) is 9.40. The quantitative estimate of drug-likeness (QED) is 0.259. The SMILES string of the molecule is CCOC(=O)/C=C/C(=C(\SCC#N)SCc1ccc(C)cc1)[n+]1ccccc1. The number of allylic oxidation sites excluding steroid dienone is 2. The fourth-order valence-corrected chi connectivity index (χ4v) is 4.29. The average Bonchev–Trinajstić information content (AvgIpc) is 2.71. The van der Waals surface area contributed by atoms with E-state index >= 15 is 0 Å². The van der Waals surface area contributed by atoms with Gasteiger partial charge in [0.05, 0.1) is 18.4 Å². The van der Waals surface area contributed by atoms with Crippen molar-refractivity contribution < 1.29 is 14.1 Å². The molecule has 0 N–H and O–H groups in total. The van der Waals surface area contributed by atoms with Crippen LogP contribution in [-0.2, 0) is 15.3 Å². The van der Waals surface area contributed by atoms with Crippen molar-refractivity contribution in [1.82, 2.24) is 0 Å².